The second-order valence-electron chi connectivity index (χ2n) is 6.33. The van der Waals surface area contributed by atoms with Crippen LogP contribution < -0.4 is 5.32 Å². The molecule has 3 rings (SSSR count). The quantitative estimate of drug-likeness (QED) is 0.861. The standard InChI is InChI=1S/C18H23N5O3/c1-13-14(12-20-21(13)2)11-19-18(26)23-9-7-22(8-10-23)17(25)15-5-3-4-6-16(15)24/h3-6,12,24H,7-11H2,1-2H3,(H,19,26). The number of para-hydroxylation sites is 1. The molecule has 2 N–H and O–H groups in total. The summed E-state index contributed by atoms with van der Waals surface area (Å²) < 4.78 is 1.77. The van der Waals surface area contributed by atoms with Gasteiger partial charge in [-0.2, -0.15) is 5.10 Å². The topological polar surface area (TPSA) is 90.7 Å². The first-order valence-corrected chi connectivity index (χ1v) is 8.55. The molecule has 1 fully saturated rings. The molecule has 0 atom stereocenters. The number of amides is 3. The van der Waals surface area contributed by atoms with Crippen molar-refractivity contribution in [3.05, 3.63) is 47.3 Å². The molecule has 0 saturated carbocycles. The van der Waals surface area contributed by atoms with Gasteiger partial charge in [0.1, 0.15) is 5.75 Å². The molecule has 26 heavy (non-hydrogen) atoms. The van der Waals surface area contributed by atoms with Crippen molar-refractivity contribution in [3.8, 4) is 5.75 Å². The number of piperazine rings is 1. The molecule has 0 unspecified atom stereocenters. The number of phenolic OH excluding ortho intramolecular Hbond substituents is 1. The molecular formula is C18H23N5O3. The number of aromatic nitrogens is 2. The molecule has 8 nitrogen and oxygen atoms in total. The fraction of sp³-hybridized carbons (Fsp3) is 0.389. The Labute approximate surface area is 152 Å². The summed E-state index contributed by atoms with van der Waals surface area (Å²) in [7, 11) is 1.86. The molecule has 1 aliphatic rings. The Hall–Kier alpha value is -3.03. The Balaban J connectivity index is 1.51. The average Bonchev–Trinajstić information content (AvgIpc) is 2.98. The highest BCUT2D eigenvalue weighted by atomic mass is 16.3. The lowest BCUT2D eigenvalue weighted by Gasteiger charge is -2.34. The van der Waals surface area contributed by atoms with Gasteiger partial charge in [0.2, 0.25) is 0 Å². The van der Waals surface area contributed by atoms with Crippen molar-refractivity contribution < 1.29 is 14.7 Å². The predicted molar refractivity (Wildman–Crippen MR) is 95.8 cm³/mol. The van der Waals surface area contributed by atoms with Crippen molar-refractivity contribution in [3.63, 3.8) is 0 Å². The zero-order valence-electron chi connectivity index (χ0n) is 15.0. The highest BCUT2D eigenvalue weighted by Crippen LogP contribution is 2.18. The van der Waals surface area contributed by atoms with Gasteiger partial charge in [-0.1, -0.05) is 12.1 Å². The summed E-state index contributed by atoms with van der Waals surface area (Å²) in [5, 5.41) is 16.9. The van der Waals surface area contributed by atoms with Gasteiger partial charge in [0.15, 0.2) is 0 Å². The van der Waals surface area contributed by atoms with Crippen molar-refractivity contribution in [2.75, 3.05) is 26.2 Å². The fourth-order valence-corrected chi connectivity index (χ4v) is 2.94. The summed E-state index contributed by atoms with van der Waals surface area (Å²) >= 11 is 0. The Bertz CT molecular complexity index is 809. The number of carbonyl (C=O) groups is 2. The normalized spacial score (nSPS) is 14.4. The van der Waals surface area contributed by atoms with Crippen LogP contribution in [0.5, 0.6) is 5.75 Å². The van der Waals surface area contributed by atoms with E-state index in [0.717, 1.165) is 11.3 Å². The minimum atomic E-state index is -0.214. The highest BCUT2D eigenvalue weighted by molar-refractivity contribution is 5.97. The maximum Gasteiger partial charge on any atom is 0.317 e. The molecule has 0 aliphatic carbocycles. The van der Waals surface area contributed by atoms with Crippen molar-refractivity contribution in [1.29, 1.82) is 0 Å². The first-order valence-electron chi connectivity index (χ1n) is 8.55. The zero-order valence-corrected chi connectivity index (χ0v) is 15.0. The Morgan fingerprint density at radius 1 is 1.15 bits per heavy atom. The van der Waals surface area contributed by atoms with Gasteiger partial charge in [0, 0.05) is 51.0 Å². The van der Waals surface area contributed by atoms with Gasteiger partial charge in [0.25, 0.3) is 5.91 Å². The third-order valence-corrected chi connectivity index (χ3v) is 4.76. The van der Waals surface area contributed by atoms with Crippen molar-refractivity contribution >= 4 is 11.9 Å². The highest BCUT2D eigenvalue weighted by Gasteiger charge is 2.26. The summed E-state index contributed by atoms with van der Waals surface area (Å²) in [6.45, 7) is 4.17. The third-order valence-electron chi connectivity index (χ3n) is 4.76. The van der Waals surface area contributed by atoms with Crippen LogP contribution in [-0.2, 0) is 13.6 Å². The molecule has 3 amide bonds. The predicted octanol–water partition coefficient (Wildman–Crippen LogP) is 1.10. The molecular weight excluding hydrogens is 334 g/mol. The summed E-state index contributed by atoms with van der Waals surface area (Å²) in [5.41, 5.74) is 2.29. The second kappa shape index (κ2) is 7.47. The number of benzene rings is 1. The molecule has 0 bridgehead atoms. The number of phenols is 1. The van der Waals surface area contributed by atoms with Gasteiger partial charge in [-0.15, -0.1) is 0 Å². The zero-order chi connectivity index (χ0) is 18.7. The summed E-state index contributed by atoms with van der Waals surface area (Å²) in [6.07, 6.45) is 1.75. The lowest BCUT2D eigenvalue weighted by atomic mass is 10.1. The summed E-state index contributed by atoms with van der Waals surface area (Å²) in [5.74, 6) is -0.237. The third kappa shape index (κ3) is 3.63. The minimum absolute atomic E-state index is 0.0236. The van der Waals surface area contributed by atoms with Crippen molar-refractivity contribution in [1.82, 2.24) is 24.9 Å². The number of nitrogens with zero attached hydrogens (tertiary/aromatic N) is 4. The van der Waals surface area contributed by atoms with E-state index in [2.05, 4.69) is 10.4 Å². The van der Waals surface area contributed by atoms with E-state index < -0.39 is 0 Å². The van der Waals surface area contributed by atoms with E-state index >= 15 is 0 Å². The largest absolute Gasteiger partial charge is 0.507 e. The number of hydrogen-bond acceptors (Lipinski definition) is 4. The van der Waals surface area contributed by atoms with Crippen LogP contribution in [0.4, 0.5) is 4.79 Å². The van der Waals surface area contributed by atoms with Crippen LogP contribution in [0.15, 0.2) is 30.5 Å². The number of urea groups is 1. The minimum Gasteiger partial charge on any atom is -0.507 e. The number of rotatable bonds is 3. The molecule has 138 valence electrons. The molecule has 1 aliphatic heterocycles. The van der Waals surface area contributed by atoms with E-state index in [-0.39, 0.29) is 23.3 Å². The Morgan fingerprint density at radius 3 is 2.42 bits per heavy atom. The molecule has 2 aromatic rings. The number of carbonyl (C=O) groups excluding carboxylic acids is 2. The summed E-state index contributed by atoms with van der Waals surface area (Å²) in [6, 6.07) is 6.35. The first kappa shape index (κ1) is 17.8. The Morgan fingerprint density at radius 2 is 1.81 bits per heavy atom. The van der Waals surface area contributed by atoms with Crippen LogP contribution in [0.3, 0.4) is 0 Å². The fourth-order valence-electron chi connectivity index (χ4n) is 2.94. The molecule has 1 aromatic carbocycles. The van der Waals surface area contributed by atoms with E-state index in [9.17, 15) is 14.7 Å². The smallest absolute Gasteiger partial charge is 0.317 e. The van der Waals surface area contributed by atoms with Crippen LogP contribution in [-0.4, -0.2) is 62.8 Å². The first-order chi connectivity index (χ1) is 12.5. The Kier molecular flexibility index (Phi) is 5.11. The van der Waals surface area contributed by atoms with Crippen LogP contribution in [0.25, 0.3) is 0 Å². The molecule has 0 spiro atoms. The van der Waals surface area contributed by atoms with Gasteiger partial charge in [-0.05, 0) is 19.1 Å². The van der Waals surface area contributed by atoms with E-state index in [0.29, 0.717) is 32.7 Å². The molecule has 8 heteroatoms. The van der Waals surface area contributed by atoms with Crippen LogP contribution in [0.1, 0.15) is 21.6 Å². The monoisotopic (exact) mass is 357 g/mol. The van der Waals surface area contributed by atoms with Gasteiger partial charge < -0.3 is 20.2 Å². The number of aromatic hydroxyl groups is 1. The second-order valence-corrected chi connectivity index (χ2v) is 6.33. The summed E-state index contributed by atoms with van der Waals surface area (Å²) in [4.78, 5) is 28.2. The molecule has 1 saturated heterocycles. The van der Waals surface area contributed by atoms with Gasteiger partial charge >= 0.3 is 6.03 Å². The van der Waals surface area contributed by atoms with Crippen molar-refractivity contribution in [2.45, 2.75) is 13.5 Å². The number of hydrogen-bond donors (Lipinski definition) is 2. The van der Waals surface area contributed by atoms with Crippen LogP contribution in [0, 0.1) is 6.92 Å². The van der Waals surface area contributed by atoms with E-state index in [1.807, 2.05) is 14.0 Å². The average molecular weight is 357 g/mol. The number of aryl methyl sites for hydroxylation is 1. The van der Waals surface area contributed by atoms with Gasteiger partial charge in [0.05, 0.1) is 11.8 Å². The van der Waals surface area contributed by atoms with Crippen LogP contribution in [0.2, 0.25) is 0 Å². The lowest BCUT2D eigenvalue weighted by Crippen LogP contribution is -2.53. The van der Waals surface area contributed by atoms with Gasteiger partial charge in [-0.3, -0.25) is 9.48 Å². The maximum atomic E-state index is 12.5. The maximum absolute atomic E-state index is 12.5. The SMILES string of the molecule is Cc1c(CNC(=O)N2CCN(C(=O)c3ccccc3O)CC2)cnn1C. The lowest BCUT2D eigenvalue weighted by molar-refractivity contribution is 0.0662. The van der Waals surface area contributed by atoms with Crippen molar-refractivity contribution in [2.24, 2.45) is 7.05 Å². The van der Waals surface area contributed by atoms with E-state index in [4.69, 9.17) is 0 Å². The van der Waals surface area contributed by atoms with E-state index in [1.54, 1.807) is 38.9 Å². The van der Waals surface area contributed by atoms with Gasteiger partial charge in [-0.25, -0.2) is 4.79 Å². The van der Waals surface area contributed by atoms with Crippen LogP contribution >= 0.6 is 0 Å². The number of nitrogens with one attached hydrogen (secondary N) is 1. The molecule has 2 heterocycles. The molecule has 1 aromatic heterocycles. The molecule has 0 radical (unpaired) electrons. The van der Waals surface area contributed by atoms with E-state index in [1.165, 1.54) is 6.07 Å².